The number of carbonyl (C=O) groups is 2. The first-order valence-electron chi connectivity index (χ1n) is 6.47. The van der Waals surface area contributed by atoms with E-state index < -0.39 is 11.9 Å². The van der Waals surface area contributed by atoms with Gasteiger partial charge < -0.3 is 15.4 Å². The molecule has 0 spiro atoms. The van der Waals surface area contributed by atoms with Crippen LogP contribution in [-0.2, 0) is 0 Å². The summed E-state index contributed by atoms with van der Waals surface area (Å²) < 4.78 is 0.511. The number of aromatic amines is 1. The number of hydrogen-bond donors (Lipinski definition) is 3. The molecule has 0 unspecified atom stereocenters. The van der Waals surface area contributed by atoms with E-state index >= 15 is 0 Å². The van der Waals surface area contributed by atoms with Gasteiger partial charge in [0.15, 0.2) is 0 Å². The van der Waals surface area contributed by atoms with Crippen molar-refractivity contribution in [1.82, 2.24) is 4.98 Å². The summed E-state index contributed by atoms with van der Waals surface area (Å²) in [6.45, 7) is 0. The van der Waals surface area contributed by atoms with Gasteiger partial charge >= 0.3 is 5.97 Å². The Hall–Kier alpha value is -2.60. The zero-order chi connectivity index (χ0) is 15.7. The molecule has 0 fully saturated rings. The number of amides is 1. The Morgan fingerprint density at radius 3 is 2.59 bits per heavy atom. The van der Waals surface area contributed by atoms with E-state index in [1.54, 1.807) is 18.2 Å². The van der Waals surface area contributed by atoms with Crippen LogP contribution in [0.3, 0.4) is 0 Å². The van der Waals surface area contributed by atoms with Crippen LogP contribution in [0, 0.1) is 0 Å². The molecule has 1 amide bonds. The Morgan fingerprint density at radius 2 is 1.86 bits per heavy atom. The maximum Gasteiger partial charge on any atom is 0.337 e. The van der Waals surface area contributed by atoms with Crippen molar-refractivity contribution in [2.45, 2.75) is 0 Å². The molecule has 6 heteroatoms. The molecular formula is C16H11BrN2O3. The molecule has 0 saturated heterocycles. The zero-order valence-electron chi connectivity index (χ0n) is 11.3. The van der Waals surface area contributed by atoms with Crippen molar-refractivity contribution in [1.29, 1.82) is 0 Å². The highest BCUT2D eigenvalue weighted by Gasteiger charge is 2.17. The molecule has 0 aliphatic heterocycles. The number of carbonyl (C=O) groups excluding carboxylic acids is 1. The Kier molecular flexibility index (Phi) is 3.68. The normalized spacial score (nSPS) is 10.6. The molecule has 1 aromatic heterocycles. The van der Waals surface area contributed by atoms with Crippen molar-refractivity contribution in [2.75, 3.05) is 5.32 Å². The van der Waals surface area contributed by atoms with Gasteiger partial charge in [-0.3, -0.25) is 4.79 Å². The fourth-order valence-electron chi connectivity index (χ4n) is 2.21. The number of carboxylic acids is 1. The van der Waals surface area contributed by atoms with Crippen molar-refractivity contribution in [3.63, 3.8) is 0 Å². The number of carboxylic acid groups (broad SMARTS) is 1. The van der Waals surface area contributed by atoms with Gasteiger partial charge in [0, 0.05) is 15.4 Å². The van der Waals surface area contributed by atoms with Crippen molar-refractivity contribution < 1.29 is 14.7 Å². The number of fused-ring (bicyclic) bond motifs is 1. The lowest BCUT2D eigenvalue weighted by Gasteiger charge is -2.09. The molecule has 0 atom stereocenters. The Balaban J connectivity index is 1.96. The predicted molar refractivity (Wildman–Crippen MR) is 87.4 cm³/mol. The molecule has 0 aliphatic carbocycles. The molecule has 3 N–H and O–H groups in total. The van der Waals surface area contributed by atoms with Crippen LogP contribution >= 0.6 is 15.9 Å². The molecule has 3 rings (SSSR count). The SMILES string of the molecule is O=C(Nc1c(Br)cccc1C(=O)O)c1cc2ccccc2[nH]1. The molecule has 1 heterocycles. The maximum atomic E-state index is 12.4. The van der Waals surface area contributed by atoms with Crippen LogP contribution in [0.1, 0.15) is 20.8 Å². The molecule has 5 nitrogen and oxygen atoms in total. The maximum absolute atomic E-state index is 12.4. The van der Waals surface area contributed by atoms with E-state index in [9.17, 15) is 14.7 Å². The summed E-state index contributed by atoms with van der Waals surface area (Å²) in [6, 6.07) is 14.0. The van der Waals surface area contributed by atoms with Crippen LogP contribution in [0.25, 0.3) is 10.9 Å². The third-order valence-corrected chi connectivity index (χ3v) is 3.92. The quantitative estimate of drug-likeness (QED) is 0.664. The number of hydrogen-bond acceptors (Lipinski definition) is 2. The summed E-state index contributed by atoms with van der Waals surface area (Å²) in [5, 5.41) is 12.8. The van der Waals surface area contributed by atoms with Crippen LogP contribution in [0.2, 0.25) is 0 Å². The molecule has 110 valence electrons. The summed E-state index contributed by atoms with van der Waals surface area (Å²) in [6.07, 6.45) is 0. The highest BCUT2D eigenvalue weighted by Crippen LogP contribution is 2.27. The van der Waals surface area contributed by atoms with E-state index in [0.29, 0.717) is 10.2 Å². The van der Waals surface area contributed by atoms with E-state index in [4.69, 9.17) is 0 Å². The van der Waals surface area contributed by atoms with Crippen molar-refractivity contribution in [3.8, 4) is 0 Å². The molecule has 22 heavy (non-hydrogen) atoms. The van der Waals surface area contributed by atoms with Gasteiger partial charge in [0.2, 0.25) is 0 Å². The third kappa shape index (κ3) is 2.60. The summed E-state index contributed by atoms with van der Waals surface area (Å²) in [4.78, 5) is 26.6. The lowest BCUT2D eigenvalue weighted by Crippen LogP contribution is -2.15. The molecular weight excluding hydrogens is 348 g/mol. The van der Waals surface area contributed by atoms with Crippen LogP contribution in [0.5, 0.6) is 0 Å². The minimum atomic E-state index is -1.10. The third-order valence-electron chi connectivity index (χ3n) is 3.26. The fourth-order valence-corrected chi connectivity index (χ4v) is 2.67. The van der Waals surface area contributed by atoms with Crippen molar-refractivity contribution in [2.24, 2.45) is 0 Å². The first-order chi connectivity index (χ1) is 10.6. The first-order valence-corrected chi connectivity index (χ1v) is 7.26. The minimum Gasteiger partial charge on any atom is -0.478 e. The van der Waals surface area contributed by atoms with Gasteiger partial charge in [-0.2, -0.15) is 0 Å². The number of aromatic carboxylic acids is 1. The largest absolute Gasteiger partial charge is 0.478 e. The number of benzene rings is 2. The van der Waals surface area contributed by atoms with Gasteiger partial charge in [0.1, 0.15) is 5.69 Å². The first kappa shape index (κ1) is 14.3. The second-order valence-electron chi connectivity index (χ2n) is 4.69. The van der Waals surface area contributed by atoms with E-state index in [1.165, 1.54) is 6.07 Å². The average molecular weight is 359 g/mol. The minimum absolute atomic E-state index is 0.0267. The Morgan fingerprint density at radius 1 is 1.09 bits per heavy atom. The highest BCUT2D eigenvalue weighted by atomic mass is 79.9. The second-order valence-corrected chi connectivity index (χ2v) is 5.55. The van der Waals surface area contributed by atoms with Crippen LogP contribution < -0.4 is 5.32 Å². The van der Waals surface area contributed by atoms with Gasteiger partial charge in [-0.15, -0.1) is 0 Å². The number of aromatic nitrogens is 1. The van der Waals surface area contributed by atoms with Crippen LogP contribution in [-0.4, -0.2) is 22.0 Å². The Labute approximate surface area is 134 Å². The van der Waals surface area contributed by atoms with Gasteiger partial charge in [-0.05, 0) is 40.2 Å². The molecule has 2 aromatic carbocycles. The van der Waals surface area contributed by atoms with Crippen molar-refractivity contribution in [3.05, 3.63) is 64.3 Å². The number of H-pyrrole nitrogens is 1. The average Bonchev–Trinajstić information content (AvgIpc) is 2.93. The number of nitrogens with one attached hydrogen (secondary N) is 2. The summed E-state index contributed by atoms with van der Waals surface area (Å²) in [5.41, 5.74) is 1.48. The van der Waals surface area contributed by atoms with Gasteiger partial charge in [-0.1, -0.05) is 24.3 Å². The zero-order valence-corrected chi connectivity index (χ0v) is 12.8. The van der Waals surface area contributed by atoms with Gasteiger partial charge in [-0.25, -0.2) is 4.79 Å². The predicted octanol–water partition coefficient (Wildman–Crippen LogP) is 3.88. The van der Waals surface area contributed by atoms with Crippen molar-refractivity contribution >= 4 is 44.4 Å². The fraction of sp³-hybridized carbons (Fsp3) is 0. The smallest absolute Gasteiger partial charge is 0.337 e. The van der Waals surface area contributed by atoms with Crippen LogP contribution in [0.4, 0.5) is 5.69 Å². The lowest BCUT2D eigenvalue weighted by molar-refractivity contribution is 0.0698. The summed E-state index contributed by atoms with van der Waals surface area (Å²) >= 11 is 3.26. The molecule has 0 aliphatic rings. The van der Waals surface area contributed by atoms with E-state index in [0.717, 1.165) is 10.9 Å². The van der Waals surface area contributed by atoms with Gasteiger partial charge in [0.25, 0.3) is 5.91 Å². The standard InChI is InChI=1S/C16H11BrN2O3/c17-11-6-3-5-10(16(21)22)14(11)19-15(20)13-8-9-4-1-2-7-12(9)18-13/h1-8,18H,(H,19,20)(H,21,22). The van der Waals surface area contributed by atoms with E-state index in [2.05, 4.69) is 26.2 Å². The van der Waals surface area contributed by atoms with Gasteiger partial charge in [0.05, 0.1) is 11.3 Å². The van der Waals surface area contributed by atoms with Crippen LogP contribution in [0.15, 0.2) is 53.0 Å². The molecule has 0 radical (unpaired) electrons. The summed E-state index contributed by atoms with van der Waals surface area (Å²) in [5.74, 6) is -1.50. The number of halogens is 1. The topological polar surface area (TPSA) is 82.2 Å². The van der Waals surface area contributed by atoms with E-state index in [-0.39, 0.29) is 11.3 Å². The number of rotatable bonds is 3. The van der Waals surface area contributed by atoms with E-state index in [1.807, 2.05) is 24.3 Å². The highest BCUT2D eigenvalue weighted by molar-refractivity contribution is 9.10. The monoisotopic (exact) mass is 358 g/mol. The Bertz CT molecular complexity index is 853. The number of anilines is 1. The summed E-state index contributed by atoms with van der Waals surface area (Å²) in [7, 11) is 0. The molecule has 3 aromatic rings. The molecule has 0 saturated carbocycles. The lowest BCUT2D eigenvalue weighted by atomic mass is 10.1. The second kappa shape index (κ2) is 5.65. The number of para-hydroxylation sites is 2. The molecule has 0 bridgehead atoms.